The molecule has 0 aliphatic carbocycles. The number of ether oxygens (including phenoxy) is 1. The van der Waals surface area contributed by atoms with Crippen LogP contribution in [0.4, 0.5) is 4.79 Å². The van der Waals surface area contributed by atoms with Gasteiger partial charge < -0.3 is 20.5 Å². The van der Waals surface area contributed by atoms with Crippen LogP contribution < -0.4 is 10.6 Å². The summed E-state index contributed by atoms with van der Waals surface area (Å²) in [7, 11) is 0. The van der Waals surface area contributed by atoms with Gasteiger partial charge in [-0.2, -0.15) is 0 Å². The summed E-state index contributed by atoms with van der Waals surface area (Å²) in [5.74, 6) is 0.441. The number of urea groups is 1. The number of rotatable bonds is 8. The van der Waals surface area contributed by atoms with Crippen LogP contribution in [0.15, 0.2) is 12.7 Å². The van der Waals surface area contributed by atoms with E-state index in [1.54, 1.807) is 6.08 Å². The van der Waals surface area contributed by atoms with Crippen molar-refractivity contribution in [1.29, 1.82) is 0 Å². The summed E-state index contributed by atoms with van der Waals surface area (Å²) in [6.07, 6.45) is 0.912. The molecule has 0 aliphatic rings. The highest BCUT2D eigenvalue weighted by Gasteiger charge is 2.06. The minimum atomic E-state index is -0.673. The van der Waals surface area contributed by atoms with Gasteiger partial charge in [0.1, 0.15) is 0 Å². The highest BCUT2D eigenvalue weighted by Crippen LogP contribution is 1.93. The first-order valence-electron chi connectivity index (χ1n) is 5.44. The summed E-state index contributed by atoms with van der Waals surface area (Å²) in [4.78, 5) is 11.1. The van der Waals surface area contributed by atoms with Gasteiger partial charge in [-0.15, -0.1) is 6.58 Å². The predicted octanol–water partition coefficient (Wildman–Crippen LogP) is 0.505. The van der Waals surface area contributed by atoms with E-state index in [1.807, 2.05) is 13.8 Å². The number of hydrogen-bond donors (Lipinski definition) is 3. The molecule has 2 amide bonds. The molecule has 0 heterocycles. The Morgan fingerprint density at radius 2 is 2.12 bits per heavy atom. The minimum absolute atomic E-state index is 0.182. The number of aliphatic hydroxyl groups is 1. The molecule has 5 heteroatoms. The zero-order valence-electron chi connectivity index (χ0n) is 10.0. The van der Waals surface area contributed by atoms with Crippen LogP contribution in [0, 0.1) is 5.92 Å². The monoisotopic (exact) mass is 230 g/mol. The molecule has 0 aromatic carbocycles. The Bertz CT molecular complexity index is 207. The quantitative estimate of drug-likeness (QED) is 0.532. The zero-order valence-corrected chi connectivity index (χ0v) is 10.0. The number of carbonyl (C=O) groups is 1. The Morgan fingerprint density at radius 1 is 1.44 bits per heavy atom. The van der Waals surface area contributed by atoms with Gasteiger partial charge >= 0.3 is 6.03 Å². The molecule has 0 aromatic rings. The summed E-state index contributed by atoms with van der Waals surface area (Å²) in [5.41, 5.74) is 0. The second-order valence-corrected chi connectivity index (χ2v) is 3.96. The third-order valence-electron chi connectivity index (χ3n) is 1.67. The van der Waals surface area contributed by atoms with Gasteiger partial charge in [0.05, 0.1) is 12.7 Å². The molecular weight excluding hydrogens is 208 g/mol. The van der Waals surface area contributed by atoms with E-state index in [2.05, 4.69) is 17.2 Å². The van der Waals surface area contributed by atoms with Crippen LogP contribution in [-0.4, -0.2) is 43.5 Å². The molecule has 3 N–H and O–H groups in total. The lowest BCUT2D eigenvalue weighted by Gasteiger charge is -2.13. The Labute approximate surface area is 96.9 Å². The summed E-state index contributed by atoms with van der Waals surface area (Å²) >= 11 is 0. The molecule has 16 heavy (non-hydrogen) atoms. The normalized spacial score (nSPS) is 12.2. The molecule has 0 spiro atoms. The molecule has 1 unspecified atom stereocenters. The fraction of sp³-hybridized carbons (Fsp3) is 0.727. The molecule has 5 nitrogen and oxygen atoms in total. The highest BCUT2D eigenvalue weighted by molar-refractivity contribution is 5.73. The van der Waals surface area contributed by atoms with Crippen molar-refractivity contribution in [3.63, 3.8) is 0 Å². The minimum Gasteiger partial charge on any atom is -0.389 e. The molecule has 0 rings (SSSR count). The van der Waals surface area contributed by atoms with Crippen molar-refractivity contribution in [3.05, 3.63) is 12.7 Å². The van der Waals surface area contributed by atoms with Crippen molar-refractivity contribution < 1.29 is 14.6 Å². The Hall–Kier alpha value is -1.07. The van der Waals surface area contributed by atoms with Crippen LogP contribution in [0.5, 0.6) is 0 Å². The smallest absolute Gasteiger partial charge is 0.315 e. The van der Waals surface area contributed by atoms with Gasteiger partial charge in [-0.1, -0.05) is 19.9 Å². The van der Waals surface area contributed by atoms with Gasteiger partial charge in [-0.3, -0.25) is 0 Å². The van der Waals surface area contributed by atoms with Gasteiger partial charge in [0, 0.05) is 19.7 Å². The molecule has 1 atom stereocenters. The van der Waals surface area contributed by atoms with Crippen molar-refractivity contribution >= 4 is 6.03 Å². The molecule has 0 saturated heterocycles. The number of carbonyl (C=O) groups excluding carboxylic acids is 1. The topological polar surface area (TPSA) is 70.6 Å². The second kappa shape index (κ2) is 9.18. The van der Waals surface area contributed by atoms with E-state index in [-0.39, 0.29) is 19.2 Å². The lowest BCUT2D eigenvalue weighted by atomic mass is 10.2. The van der Waals surface area contributed by atoms with E-state index in [1.165, 1.54) is 0 Å². The molecule has 0 bridgehead atoms. The summed E-state index contributed by atoms with van der Waals surface area (Å²) in [6.45, 7) is 8.98. The number of hydrogen-bond acceptors (Lipinski definition) is 3. The maximum Gasteiger partial charge on any atom is 0.315 e. The number of nitrogens with one attached hydrogen (secondary N) is 2. The molecule has 94 valence electrons. The summed E-state index contributed by atoms with van der Waals surface area (Å²) in [5, 5.41) is 14.5. The SMILES string of the molecule is C=CCNC(=O)NCC(O)COCC(C)C. The van der Waals surface area contributed by atoms with Gasteiger partial charge in [-0.05, 0) is 5.92 Å². The Kier molecular flexibility index (Phi) is 8.56. The standard InChI is InChI=1S/C11H22N2O3/c1-4-5-12-11(15)13-6-10(14)8-16-7-9(2)3/h4,9-10,14H,1,5-8H2,2-3H3,(H2,12,13,15). The van der Waals surface area contributed by atoms with E-state index in [4.69, 9.17) is 4.74 Å². The lowest BCUT2D eigenvalue weighted by Crippen LogP contribution is -2.41. The first kappa shape index (κ1) is 14.9. The average Bonchev–Trinajstić information content (AvgIpc) is 2.23. The molecule has 0 radical (unpaired) electrons. The van der Waals surface area contributed by atoms with E-state index in [0.29, 0.717) is 19.1 Å². The molecule has 0 aliphatic heterocycles. The lowest BCUT2D eigenvalue weighted by molar-refractivity contribution is 0.0273. The van der Waals surface area contributed by atoms with E-state index in [9.17, 15) is 9.90 Å². The summed E-state index contributed by atoms with van der Waals surface area (Å²) in [6, 6.07) is -0.317. The van der Waals surface area contributed by atoms with Gasteiger partial charge in [0.2, 0.25) is 0 Å². The van der Waals surface area contributed by atoms with Crippen molar-refractivity contribution in [3.8, 4) is 0 Å². The van der Waals surface area contributed by atoms with Crippen LogP contribution in [0.25, 0.3) is 0 Å². The maximum absolute atomic E-state index is 11.1. The third kappa shape index (κ3) is 9.48. The third-order valence-corrected chi connectivity index (χ3v) is 1.67. The second-order valence-electron chi connectivity index (χ2n) is 3.96. The van der Waals surface area contributed by atoms with Gasteiger partial charge in [-0.25, -0.2) is 4.79 Å². The fourth-order valence-electron chi connectivity index (χ4n) is 0.937. The van der Waals surface area contributed by atoms with Crippen LogP contribution in [0.2, 0.25) is 0 Å². The van der Waals surface area contributed by atoms with Crippen LogP contribution in [0.3, 0.4) is 0 Å². The summed E-state index contributed by atoms with van der Waals surface area (Å²) < 4.78 is 5.23. The zero-order chi connectivity index (χ0) is 12.4. The number of aliphatic hydroxyl groups excluding tert-OH is 1. The van der Waals surface area contributed by atoms with Gasteiger partial charge in [0.25, 0.3) is 0 Å². The van der Waals surface area contributed by atoms with E-state index >= 15 is 0 Å². The van der Waals surface area contributed by atoms with Crippen molar-refractivity contribution in [2.45, 2.75) is 20.0 Å². The van der Waals surface area contributed by atoms with Crippen LogP contribution in [0.1, 0.15) is 13.8 Å². The van der Waals surface area contributed by atoms with Crippen LogP contribution >= 0.6 is 0 Å². The number of amides is 2. The van der Waals surface area contributed by atoms with Crippen molar-refractivity contribution in [2.75, 3.05) is 26.3 Å². The highest BCUT2D eigenvalue weighted by atomic mass is 16.5. The molecular formula is C11H22N2O3. The molecule has 0 fully saturated rings. The molecule has 0 saturated carbocycles. The van der Waals surface area contributed by atoms with Crippen molar-refractivity contribution in [2.24, 2.45) is 5.92 Å². The Morgan fingerprint density at radius 3 is 2.69 bits per heavy atom. The largest absolute Gasteiger partial charge is 0.389 e. The maximum atomic E-state index is 11.1. The molecule has 0 aromatic heterocycles. The van der Waals surface area contributed by atoms with Crippen LogP contribution in [-0.2, 0) is 4.74 Å². The van der Waals surface area contributed by atoms with Crippen molar-refractivity contribution in [1.82, 2.24) is 10.6 Å². The van der Waals surface area contributed by atoms with E-state index < -0.39 is 6.10 Å². The first-order chi connectivity index (χ1) is 7.56. The first-order valence-corrected chi connectivity index (χ1v) is 5.44. The predicted molar refractivity (Wildman–Crippen MR) is 63.3 cm³/mol. The average molecular weight is 230 g/mol. The van der Waals surface area contributed by atoms with E-state index in [0.717, 1.165) is 0 Å². The Balaban J connectivity index is 3.45. The fourth-order valence-corrected chi connectivity index (χ4v) is 0.937. The van der Waals surface area contributed by atoms with Gasteiger partial charge in [0.15, 0.2) is 0 Å².